The van der Waals surface area contributed by atoms with Crippen molar-refractivity contribution in [1.29, 1.82) is 0 Å². The van der Waals surface area contributed by atoms with Gasteiger partial charge in [-0.1, -0.05) is 11.6 Å². The number of fused-ring (bicyclic) bond motifs is 2. The summed E-state index contributed by atoms with van der Waals surface area (Å²) < 4.78 is 24.9. The molecule has 10 nitrogen and oxygen atoms in total. The van der Waals surface area contributed by atoms with Crippen LogP contribution in [0.4, 0.5) is 0 Å². The molecule has 0 amide bonds. The quantitative estimate of drug-likeness (QED) is 0.389. The van der Waals surface area contributed by atoms with Gasteiger partial charge in [0.2, 0.25) is 0 Å². The van der Waals surface area contributed by atoms with Gasteiger partial charge in [0.05, 0.1) is 36.0 Å². The number of halogens is 1. The highest BCUT2D eigenvalue weighted by molar-refractivity contribution is 6.33. The number of aromatic nitrogens is 4. The first kappa shape index (κ1) is 23.0. The highest BCUT2D eigenvalue weighted by Crippen LogP contribution is 2.32. The highest BCUT2D eigenvalue weighted by atomic mass is 35.5. The van der Waals surface area contributed by atoms with Gasteiger partial charge in [0.25, 0.3) is 6.01 Å². The maximum absolute atomic E-state index is 11.2. The summed E-state index contributed by atoms with van der Waals surface area (Å²) in [6.45, 7) is 1.62. The van der Waals surface area contributed by atoms with Crippen LogP contribution in [-0.2, 0) is 16.0 Å². The Bertz CT molecular complexity index is 1420. The van der Waals surface area contributed by atoms with Crippen LogP contribution in [-0.4, -0.2) is 68.9 Å². The van der Waals surface area contributed by atoms with E-state index in [1.807, 2.05) is 28.8 Å². The van der Waals surface area contributed by atoms with Crippen LogP contribution in [0, 0.1) is 0 Å². The molecule has 11 heteroatoms. The molecule has 3 aromatic heterocycles. The van der Waals surface area contributed by atoms with Crippen molar-refractivity contribution in [3.8, 4) is 23.0 Å². The summed E-state index contributed by atoms with van der Waals surface area (Å²) in [5.74, 6) is 0.712. The smallest absolute Gasteiger partial charge is 0.296 e. The Balaban J connectivity index is 1.13. The van der Waals surface area contributed by atoms with E-state index in [1.165, 1.54) is 12.1 Å². The summed E-state index contributed by atoms with van der Waals surface area (Å²) >= 11 is 6.53. The number of nitrogens with one attached hydrogen (secondary N) is 1. The maximum atomic E-state index is 11.2. The molecule has 0 saturated carbocycles. The molecule has 0 bridgehead atoms. The normalized spacial score (nSPS) is 23.2. The molecule has 2 N–H and O–H groups in total. The molecule has 2 fully saturated rings. The van der Waals surface area contributed by atoms with Crippen LogP contribution in [0.3, 0.4) is 0 Å². The Hall–Kier alpha value is -3.44. The van der Waals surface area contributed by atoms with E-state index in [9.17, 15) is 9.90 Å². The molecular formula is C25H23ClN4O6. The van der Waals surface area contributed by atoms with Crippen LogP contribution in [0.15, 0.2) is 59.7 Å². The lowest BCUT2D eigenvalue weighted by Gasteiger charge is -2.15. The molecule has 2 aliphatic heterocycles. The van der Waals surface area contributed by atoms with Crippen molar-refractivity contribution in [3.05, 3.63) is 70.1 Å². The number of pyridine rings is 2. The summed E-state index contributed by atoms with van der Waals surface area (Å²) in [4.78, 5) is 23.4. The van der Waals surface area contributed by atoms with Gasteiger partial charge in [0, 0.05) is 30.1 Å². The van der Waals surface area contributed by atoms with Crippen molar-refractivity contribution in [2.75, 3.05) is 19.8 Å². The van der Waals surface area contributed by atoms with Crippen molar-refractivity contribution >= 4 is 22.8 Å². The summed E-state index contributed by atoms with van der Waals surface area (Å²) in [6, 6.07) is 12.6. The molecule has 1 aromatic carbocycles. The SMILES string of the molecule is O=c1ccn(CCOc2ccc(-c3nc4nc(O[C@@H]5CO[C@H]6[C@@H]5OC[C@H]6O)[nH]c4cc3Cl)cc2)cc1. The van der Waals surface area contributed by atoms with E-state index in [-0.39, 0.29) is 36.4 Å². The van der Waals surface area contributed by atoms with Gasteiger partial charge >= 0.3 is 0 Å². The second-order valence-corrected chi connectivity index (χ2v) is 9.10. The zero-order valence-corrected chi connectivity index (χ0v) is 19.8. The Morgan fingerprint density at radius 2 is 1.86 bits per heavy atom. The van der Waals surface area contributed by atoms with Crippen LogP contribution in [0.25, 0.3) is 22.4 Å². The average molecular weight is 511 g/mol. The Labute approximate surface area is 210 Å². The van der Waals surface area contributed by atoms with Crippen LogP contribution in [0.1, 0.15) is 0 Å². The molecule has 186 valence electrons. The molecule has 5 heterocycles. The number of aromatic amines is 1. The predicted molar refractivity (Wildman–Crippen MR) is 130 cm³/mol. The minimum Gasteiger partial charge on any atom is -0.492 e. The predicted octanol–water partition coefficient (Wildman–Crippen LogP) is 2.42. The summed E-state index contributed by atoms with van der Waals surface area (Å²) in [5.41, 5.74) is 2.50. The number of aliphatic hydroxyl groups excluding tert-OH is 1. The van der Waals surface area contributed by atoms with Crippen molar-refractivity contribution < 1.29 is 24.1 Å². The van der Waals surface area contributed by atoms with Gasteiger partial charge in [0.15, 0.2) is 17.2 Å². The van der Waals surface area contributed by atoms with Gasteiger partial charge in [-0.3, -0.25) is 4.79 Å². The Kier molecular flexibility index (Phi) is 6.10. The monoisotopic (exact) mass is 510 g/mol. The fourth-order valence-electron chi connectivity index (χ4n) is 4.41. The van der Waals surface area contributed by atoms with Gasteiger partial charge < -0.3 is 33.6 Å². The van der Waals surface area contributed by atoms with E-state index in [2.05, 4.69) is 15.0 Å². The zero-order valence-electron chi connectivity index (χ0n) is 19.0. The van der Waals surface area contributed by atoms with Crippen LogP contribution < -0.4 is 14.9 Å². The Morgan fingerprint density at radius 1 is 1.08 bits per heavy atom. The number of H-pyrrole nitrogens is 1. The summed E-state index contributed by atoms with van der Waals surface area (Å²) in [5, 5.41) is 10.4. The number of benzene rings is 1. The second kappa shape index (κ2) is 9.55. The second-order valence-electron chi connectivity index (χ2n) is 8.70. The zero-order chi connectivity index (χ0) is 24.6. The minimum atomic E-state index is -0.644. The largest absolute Gasteiger partial charge is 0.492 e. The minimum absolute atomic E-state index is 0.0206. The lowest BCUT2D eigenvalue weighted by atomic mass is 10.1. The summed E-state index contributed by atoms with van der Waals surface area (Å²) in [6.07, 6.45) is 1.73. The van der Waals surface area contributed by atoms with Gasteiger partial charge in [-0.2, -0.15) is 4.98 Å². The van der Waals surface area contributed by atoms with E-state index >= 15 is 0 Å². The van der Waals surface area contributed by atoms with E-state index in [1.54, 1.807) is 18.5 Å². The molecular weight excluding hydrogens is 488 g/mol. The number of imidazole rings is 1. The van der Waals surface area contributed by atoms with Crippen LogP contribution >= 0.6 is 11.6 Å². The van der Waals surface area contributed by atoms with Crippen molar-refractivity contribution in [2.24, 2.45) is 0 Å². The van der Waals surface area contributed by atoms with Gasteiger partial charge in [-0.25, -0.2) is 4.98 Å². The van der Waals surface area contributed by atoms with Gasteiger partial charge in [0.1, 0.15) is 30.7 Å². The molecule has 2 aliphatic rings. The van der Waals surface area contributed by atoms with Crippen LogP contribution in [0.2, 0.25) is 5.02 Å². The van der Waals surface area contributed by atoms with Gasteiger partial charge in [-0.15, -0.1) is 0 Å². The molecule has 0 unspecified atom stereocenters. The third kappa shape index (κ3) is 4.56. The third-order valence-electron chi connectivity index (χ3n) is 6.26. The first-order valence-electron chi connectivity index (χ1n) is 11.6. The molecule has 6 rings (SSSR count). The fourth-order valence-corrected chi connectivity index (χ4v) is 4.67. The topological polar surface area (TPSA) is 121 Å². The lowest BCUT2D eigenvalue weighted by Crippen LogP contribution is -2.34. The third-order valence-corrected chi connectivity index (χ3v) is 6.54. The molecule has 4 aromatic rings. The van der Waals surface area contributed by atoms with Crippen molar-refractivity contribution in [1.82, 2.24) is 19.5 Å². The number of hydrogen-bond donors (Lipinski definition) is 2. The van der Waals surface area contributed by atoms with Crippen molar-refractivity contribution in [3.63, 3.8) is 0 Å². The van der Waals surface area contributed by atoms with E-state index in [4.69, 9.17) is 30.5 Å². The maximum Gasteiger partial charge on any atom is 0.296 e. The number of nitrogens with zero attached hydrogens (tertiary/aromatic N) is 3. The van der Waals surface area contributed by atoms with E-state index in [0.29, 0.717) is 47.4 Å². The summed E-state index contributed by atoms with van der Waals surface area (Å²) in [7, 11) is 0. The highest BCUT2D eigenvalue weighted by Gasteiger charge is 2.48. The fraction of sp³-hybridized carbons (Fsp3) is 0.320. The number of ether oxygens (including phenoxy) is 4. The standard InChI is InChI=1S/C25H23ClN4O6/c26-17-11-18-24(29-25(27-18)36-20-13-35-22-19(32)12-34-23(20)22)28-21(17)14-1-3-16(4-2-14)33-10-9-30-7-5-15(31)6-8-30/h1-8,11,19-20,22-23,32H,9-10,12-13H2,(H,27,28,29)/t19-,20-,22-,23-/m1/s1. The van der Waals surface area contributed by atoms with E-state index in [0.717, 1.165) is 5.56 Å². The molecule has 0 spiro atoms. The number of aliphatic hydroxyl groups is 1. The lowest BCUT2D eigenvalue weighted by molar-refractivity contribution is 0.00706. The Morgan fingerprint density at radius 3 is 2.67 bits per heavy atom. The molecule has 0 radical (unpaired) electrons. The molecule has 2 saturated heterocycles. The average Bonchev–Trinajstić information content (AvgIpc) is 3.57. The molecule has 4 atom stereocenters. The first-order valence-corrected chi connectivity index (χ1v) is 11.9. The first-order chi connectivity index (χ1) is 17.5. The number of hydrogen-bond acceptors (Lipinski definition) is 8. The number of rotatable bonds is 7. The van der Waals surface area contributed by atoms with Crippen LogP contribution in [0.5, 0.6) is 11.8 Å². The molecule has 0 aliphatic carbocycles. The van der Waals surface area contributed by atoms with Crippen molar-refractivity contribution in [2.45, 2.75) is 31.0 Å². The molecule has 36 heavy (non-hydrogen) atoms. The van der Waals surface area contributed by atoms with Gasteiger partial charge in [-0.05, 0) is 30.3 Å². The van der Waals surface area contributed by atoms with E-state index < -0.39 is 6.10 Å².